The van der Waals surface area contributed by atoms with E-state index in [9.17, 15) is 37.5 Å². The third kappa shape index (κ3) is 8.54. The first kappa shape index (κ1) is 44.0. The van der Waals surface area contributed by atoms with Gasteiger partial charge in [-0.05, 0) is 86.4 Å². The van der Waals surface area contributed by atoms with Gasteiger partial charge in [0.2, 0.25) is 17.7 Å². The lowest BCUT2D eigenvalue weighted by Gasteiger charge is -2.33. The minimum Gasteiger partial charge on any atom is -0.385 e. The van der Waals surface area contributed by atoms with Crippen LogP contribution in [-0.4, -0.2) is 104 Å². The fourth-order valence-electron chi connectivity index (χ4n) is 9.30. The first-order valence-corrected chi connectivity index (χ1v) is 22.1. The Labute approximate surface area is 368 Å². The number of benzene rings is 2. The summed E-state index contributed by atoms with van der Waals surface area (Å²) in [6.07, 6.45) is 5.65. The number of nitrogens with zero attached hydrogens (tertiary/aromatic N) is 7. The van der Waals surface area contributed by atoms with E-state index >= 15 is 0 Å². The first-order chi connectivity index (χ1) is 30.9. The number of aryl methyl sites for hydroxylation is 1. The predicted octanol–water partition coefficient (Wildman–Crippen LogP) is 5.24. The number of imide groups is 2. The lowest BCUT2D eigenvalue weighted by atomic mass is 9.92. The van der Waals surface area contributed by atoms with Crippen LogP contribution in [0.3, 0.4) is 0 Å². The Bertz CT molecular complexity index is 2500. The van der Waals surface area contributed by atoms with Crippen LogP contribution < -0.4 is 26.2 Å². The fourth-order valence-corrected chi connectivity index (χ4v) is 9.30. The van der Waals surface area contributed by atoms with Crippen molar-refractivity contribution < 1.29 is 37.5 Å². The fraction of sp³-hybridized carbons (Fsp3) is 0.467. The molecule has 17 nitrogen and oxygen atoms in total. The van der Waals surface area contributed by atoms with Crippen LogP contribution in [0.2, 0.25) is 0 Å². The Morgan fingerprint density at radius 3 is 2.47 bits per heavy atom. The molecule has 4 aliphatic rings. The summed E-state index contributed by atoms with van der Waals surface area (Å²) in [6.45, 7) is 6.59. The van der Waals surface area contributed by atoms with Crippen LogP contribution >= 0.6 is 0 Å². The molecule has 6 heterocycles. The second-order valence-electron chi connectivity index (χ2n) is 16.6. The molecule has 1 saturated heterocycles. The molecule has 1 fully saturated rings. The number of anilines is 3. The van der Waals surface area contributed by atoms with Gasteiger partial charge in [-0.25, -0.2) is 13.6 Å². The number of fused-ring (bicyclic) bond motifs is 3. The molecule has 4 N–H and O–H groups in total. The Balaban J connectivity index is 0.876. The number of carbonyl (C=O) groups excluding carboxylic acids is 6. The summed E-state index contributed by atoms with van der Waals surface area (Å²) < 4.78 is 33.4. The zero-order chi connectivity index (χ0) is 45.2. The third-order valence-electron chi connectivity index (χ3n) is 12.7. The van der Waals surface area contributed by atoms with Gasteiger partial charge in [-0.1, -0.05) is 13.8 Å². The van der Waals surface area contributed by atoms with Gasteiger partial charge >= 0.3 is 6.03 Å². The molecule has 1 unspecified atom stereocenters. The van der Waals surface area contributed by atoms with Gasteiger partial charge < -0.3 is 25.8 Å². The van der Waals surface area contributed by atoms with E-state index in [1.165, 1.54) is 10.9 Å². The van der Waals surface area contributed by atoms with Crippen LogP contribution in [0.1, 0.15) is 114 Å². The lowest BCUT2D eigenvalue weighted by molar-refractivity contribution is -0.136. The van der Waals surface area contributed by atoms with Gasteiger partial charge in [0.1, 0.15) is 12.6 Å². The number of carbonyl (C=O) groups is 6. The van der Waals surface area contributed by atoms with Gasteiger partial charge in [0.15, 0.2) is 5.82 Å². The molecule has 7 amide bonds. The van der Waals surface area contributed by atoms with E-state index in [1.807, 2.05) is 11.0 Å². The third-order valence-corrected chi connectivity index (χ3v) is 12.7. The highest BCUT2D eigenvalue weighted by Crippen LogP contribution is 2.43. The number of nitrogens with one attached hydrogen (secondary N) is 4. The molecule has 0 bridgehead atoms. The van der Waals surface area contributed by atoms with Crippen molar-refractivity contribution >= 4 is 52.8 Å². The lowest BCUT2D eigenvalue weighted by Crippen LogP contribution is -2.54. The molecule has 0 aliphatic carbocycles. The Morgan fingerprint density at radius 2 is 1.72 bits per heavy atom. The van der Waals surface area contributed by atoms with Gasteiger partial charge in [-0.3, -0.25) is 43.6 Å². The van der Waals surface area contributed by atoms with Crippen molar-refractivity contribution in [3.63, 3.8) is 0 Å². The average Bonchev–Trinajstić information content (AvgIpc) is 3.98. The van der Waals surface area contributed by atoms with Crippen molar-refractivity contribution in [1.82, 2.24) is 45.3 Å². The molecule has 64 heavy (non-hydrogen) atoms. The van der Waals surface area contributed by atoms with Crippen molar-refractivity contribution in [3.8, 4) is 11.1 Å². The number of amides is 7. The number of aromatic nitrogens is 4. The quantitative estimate of drug-likeness (QED) is 0.0907. The van der Waals surface area contributed by atoms with Crippen molar-refractivity contribution in [3.05, 3.63) is 76.2 Å². The van der Waals surface area contributed by atoms with Crippen LogP contribution in [-0.2, 0) is 40.3 Å². The number of hydrogen-bond donors (Lipinski definition) is 4. The van der Waals surface area contributed by atoms with Crippen molar-refractivity contribution in [2.24, 2.45) is 0 Å². The zero-order valence-corrected chi connectivity index (χ0v) is 36.2. The number of halogens is 2. The number of rotatable bonds is 15. The summed E-state index contributed by atoms with van der Waals surface area (Å²) in [5.41, 5.74) is 5.32. The molecule has 4 aliphatic heterocycles. The summed E-state index contributed by atoms with van der Waals surface area (Å²) in [4.78, 5) is 80.4. The van der Waals surface area contributed by atoms with E-state index in [0.717, 1.165) is 41.0 Å². The monoisotopic (exact) mass is 881 g/mol. The van der Waals surface area contributed by atoms with Crippen LogP contribution in [0.25, 0.3) is 11.1 Å². The Hall–Kier alpha value is -6.66. The van der Waals surface area contributed by atoms with Crippen LogP contribution in [0, 0.1) is 0 Å². The highest BCUT2D eigenvalue weighted by Gasteiger charge is 2.44. The molecule has 2 aromatic heterocycles. The second kappa shape index (κ2) is 18.6. The van der Waals surface area contributed by atoms with Crippen LogP contribution in [0.15, 0.2) is 42.7 Å². The maximum Gasteiger partial charge on any atom is 0.317 e. The average molecular weight is 882 g/mol. The van der Waals surface area contributed by atoms with Gasteiger partial charge in [0, 0.05) is 86.0 Å². The molecule has 4 aromatic rings. The smallest absolute Gasteiger partial charge is 0.317 e. The van der Waals surface area contributed by atoms with Gasteiger partial charge in [0.05, 0.1) is 29.9 Å². The number of alkyl halides is 2. The summed E-state index contributed by atoms with van der Waals surface area (Å²) in [5, 5.41) is 20.5. The van der Waals surface area contributed by atoms with E-state index in [4.69, 9.17) is 5.10 Å². The Morgan fingerprint density at radius 1 is 0.938 bits per heavy atom. The van der Waals surface area contributed by atoms with Gasteiger partial charge in [-0.15, -0.1) is 0 Å². The molecule has 0 radical (unpaired) electrons. The molecule has 0 spiro atoms. The Kier molecular flexibility index (Phi) is 12.8. The zero-order valence-electron chi connectivity index (χ0n) is 36.2. The van der Waals surface area contributed by atoms with Gasteiger partial charge in [-0.2, -0.15) is 10.2 Å². The normalized spacial score (nSPS) is 17.2. The highest BCUT2D eigenvalue weighted by molar-refractivity contribution is 6.23. The largest absolute Gasteiger partial charge is 0.385 e. The molecular weight excluding hydrogens is 829 g/mol. The van der Waals surface area contributed by atoms with E-state index in [-0.39, 0.29) is 54.1 Å². The minimum atomic E-state index is -2.78. The summed E-state index contributed by atoms with van der Waals surface area (Å²) >= 11 is 0. The maximum absolute atomic E-state index is 15.0. The van der Waals surface area contributed by atoms with E-state index in [1.54, 1.807) is 42.4 Å². The van der Waals surface area contributed by atoms with E-state index in [2.05, 4.69) is 44.9 Å². The van der Waals surface area contributed by atoms with E-state index < -0.39 is 36.1 Å². The summed E-state index contributed by atoms with van der Waals surface area (Å²) in [6, 6.07) is 7.16. The SMILES string of the molecule is CCC(CC)n1nc(N2CCCc3cc(-c4cnn(CC(=O)NCCCCNc5ccc6c(c5)C(=O)N(C5CCC(=O)NC5=O)C6=O)c4)c(C(F)F)cc32)c2c1CCN(C(=O)NC)C2. The summed E-state index contributed by atoms with van der Waals surface area (Å²) in [7, 11) is 1.61. The summed E-state index contributed by atoms with van der Waals surface area (Å²) in [5.74, 6) is -1.83. The van der Waals surface area contributed by atoms with Crippen molar-refractivity contribution in [2.75, 3.05) is 43.4 Å². The van der Waals surface area contributed by atoms with E-state index in [0.29, 0.717) is 86.7 Å². The first-order valence-electron chi connectivity index (χ1n) is 22.1. The van der Waals surface area contributed by atoms with Crippen LogP contribution in [0.5, 0.6) is 0 Å². The molecular formula is C45H53F2N11O6. The molecule has 1 atom stereocenters. The standard InChI is InChI=1S/C45H53F2N11O6/c1-4-29(5-2)58-35-14-18-54(45(64)48-3)24-34(35)41(53-58)56-17-8-9-26-19-31(32(40(46)47)21-37(26)56)27-22-51-55(23-27)25-39(60)50-16-7-6-15-49-28-10-11-30-33(20-28)44(63)57(43(30)62)36-12-13-38(59)52-42(36)61/h10-11,19-23,29,36,40,49H,4-9,12-18,24-25H2,1-3H3,(H,48,64)(H,50,60)(H,52,59,61). The number of piperidine rings is 1. The second-order valence-corrected chi connectivity index (χ2v) is 16.6. The molecule has 8 rings (SSSR count). The molecule has 0 saturated carbocycles. The highest BCUT2D eigenvalue weighted by atomic mass is 19.3. The number of hydrogen-bond acceptors (Lipinski definition) is 10. The molecule has 338 valence electrons. The van der Waals surface area contributed by atoms with Crippen molar-refractivity contribution in [1.29, 1.82) is 0 Å². The van der Waals surface area contributed by atoms with Gasteiger partial charge in [0.25, 0.3) is 18.2 Å². The van der Waals surface area contributed by atoms with Crippen LogP contribution in [0.4, 0.5) is 30.8 Å². The topological polar surface area (TPSA) is 196 Å². The number of unbranched alkanes of at least 4 members (excludes halogenated alkanes) is 1. The number of urea groups is 1. The predicted molar refractivity (Wildman–Crippen MR) is 232 cm³/mol. The molecule has 2 aromatic carbocycles. The minimum absolute atomic E-state index is 0.0427. The van der Waals surface area contributed by atoms with Crippen molar-refractivity contribution in [2.45, 2.75) is 103 Å². The molecule has 19 heteroatoms. The maximum atomic E-state index is 15.0.